The number of amides is 3. The van der Waals surface area contributed by atoms with Crippen LogP contribution in [0.15, 0.2) is 12.1 Å². The predicted octanol–water partition coefficient (Wildman–Crippen LogP) is 2.14. The van der Waals surface area contributed by atoms with Crippen LogP contribution in [0.2, 0.25) is 0 Å². The van der Waals surface area contributed by atoms with E-state index in [2.05, 4.69) is 24.8 Å². The van der Waals surface area contributed by atoms with Crippen LogP contribution in [0.25, 0.3) is 0 Å². The maximum Gasteiger partial charge on any atom is 0.319 e. The molecule has 0 bridgehead atoms. The van der Waals surface area contributed by atoms with Crippen molar-refractivity contribution in [3.63, 3.8) is 0 Å². The average Bonchev–Trinajstić information content (AvgIpc) is 3.24. The molecule has 37 heavy (non-hydrogen) atoms. The van der Waals surface area contributed by atoms with Crippen LogP contribution in [0.1, 0.15) is 35.2 Å². The second-order valence-electron chi connectivity index (χ2n) is 8.54. The van der Waals surface area contributed by atoms with Gasteiger partial charge in [0, 0.05) is 51.4 Å². The van der Waals surface area contributed by atoms with Crippen molar-refractivity contribution in [2.24, 2.45) is 5.73 Å². The number of aliphatic hydroxyl groups is 1. The van der Waals surface area contributed by atoms with Crippen LogP contribution in [0, 0.1) is 17.5 Å². The Labute approximate surface area is 216 Å². The highest BCUT2D eigenvalue weighted by molar-refractivity contribution is 7.11. The summed E-state index contributed by atoms with van der Waals surface area (Å²) in [6.07, 6.45) is 2.70. The summed E-state index contributed by atoms with van der Waals surface area (Å²) < 4.78 is 49.9. The fourth-order valence-electron chi connectivity index (χ4n) is 3.89. The molecule has 1 aromatic carbocycles. The third-order valence-electron chi connectivity index (χ3n) is 5.91. The molecule has 1 saturated heterocycles. The smallest absolute Gasteiger partial charge is 0.319 e. The van der Waals surface area contributed by atoms with Gasteiger partial charge in [-0.05, 0) is 30.9 Å². The Morgan fingerprint density at radius 2 is 1.70 bits per heavy atom. The fourth-order valence-corrected chi connectivity index (χ4v) is 4.63. The van der Waals surface area contributed by atoms with Gasteiger partial charge in [-0.3, -0.25) is 15.0 Å². The average molecular weight is 545 g/mol. The molecule has 0 atom stereocenters. The first-order valence-corrected chi connectivity index (χ1v) is 12.7. The van der Waals surface area contributed by atoms with Gasteiger partial charge < -0.3 is 25.8 Å². The van der Waals surface area contributed by atoms with E-state index in [0.29, 0.717) is 25.2 Å². The molecule has 14 heteroatoms. The van der Waals surface area contributed by atoms with Gasteiger partial charge in [0.15, 0.2) is 0 Å². The van der Waals surface area contributed by atoms with Gasteiger partial charge in [-0.2, -0.15) is 4.37 Å². The van der Waals surface area contributed by atoms with Gasteiger partial charge in [0.25, 0.3) is 5.91 Å². The zero-order valence-corrected chi connectivity index (χ0v) is 21.1. The number of carbonyl (C=O) groups excluding carboxylic acids is 2. The summed E-state index contributed by atoms with van der Waals surface area (Å²) in [7, 11) is 0. The van der Waals surface area contributed by atoms with Gasteiger partial charge in [-0.15, -0.1) is 0 Å². The molecule has 3 rings (SSSR count). The van der Waals surface area contributed by atoms with Gasteiger partial charge in [-0.25, -0.2) is 18.0 Å². The number of hydrogen-bond acceptors (Lipinski definition) is 8. The third-order valence-corrected chi connectivity index (χ3v) is 6.66. The summed E-state index contributed by atoms with van der Waals surface area (Å²) in [5.41, 5.74) is 4.61. The summed E-state index contributed by atoms with van der Waals surface area (Å²) in [4.78, 5) is 28.8. The quantitative estimate of drug-likeness (QED) is 0.284. The SMILES string of the molecule is NC(=O)c1c(OCc2c(F)cc(F)cc2F)nsc1NC(=O)NCCCCCN1CCN(CCO)CC1. The Morgan fingerprint density at radius 1 is 1.05 bits per heavy atom. The normalized spacial score (nSPS) is 14.5. The summed E-state index contributed by atoms with van der Waals surface area (Å²) in [6.45, 7) is 5.53. The lowest BCUT2D eigenvalue weighted by Crippen LogP contribution is -2.47. The summed E-state index contributed by atoms with van der Waals surface area (Å²) in [5.74, 6) is -4.61. The van der Waals surface area contributed by atoms with E-state index in [1.165, 1.54) is 0 Å². The minimum absolute atomic E-state index is 0.0281. The lowest BCUT2D eigenvalue weighted by atomic mass is 10.2. The Balaban J connectivity index is 1.40. The molecule has 0 aliphatic carbocycles. The maximum absolute atomic E-state index is 13.8. The zero-order chi connectivity index (χ0) is 26.8. The monoisotopic (exact) mass is 544 g/mol. The maximum atomic E-state index is 13.8. The minimum atomic E-state index is -1.15. The van der Waals surface area contributed by atoms with E-state index in [1.54, 1.807) is 0 Å². The number of primary amides is 1. The number of carbonyl (C=O) groups is 2. The number of nitrogens with two attached hydrogens (primary N) is 1. The number of urea groups is 1. The van der Waals surface area contributed by atoms with Gasteiger partial charge in [0.2, 0.25) is 5.88 Å². The lowest BCUT2D eigenvalue weighted by molar-refractivity contribution is 0.0996. The molecule has 2 heterocycles. The molecule has 1 fully saturated rings. The van der Waals surface area contributed by atoms with Crippen LogP contribution in [0.3, 0.4) is 0 Å². The van der Waals surface area contributed by atoms with Crippen molar-refractivity contribution in [3.05, 3.63) is 40.7 Å². The van der Waals surface area contributed by atoms with Crippen molar-refractivity contribution < 1.29 is 32.6 Å². The van der Waals surface area contributed by atoms with Crippen molar-refractivity contribution in [1.29, 1.82) is 0 Å². The Hall–Kier alpha value is -2.94. The second kappa shape index (κ2) is 14.1. The molecule has 1 aromatic heterocycles. The zero-order valence-electron chi connectivity index (χ0n) is 20.3. The number of aliphatic hydroxyl groups excluding tert-OH is 1. The molecule has 5 N–H and O–H groups in total. The van der Waals surface area contributed by atoms with E-state index in [4.69, 9.17) is 15.6 Å². The van der Waals surface area contributed by atoms with Crippen molar-refractivity contribution in [1.82, 2.24) is 19.5 Å². The molecule has 0 unspecified atom stereocenters. The van der Waals surface area contributed by atoms with Crippen molar-refractivity contribution in [2.75, 3.05) is 57.7 Å². The third kappa shape index (κ3) is 8.55. The number of anilines is 1. The number of halogens is 3. The first-order chi connectivity index (χ1) is 17.8. The van der Waals surface area contributed by atoms with E-state index < -0.39 is 41.6 Å². The summed E-state index contributed by atoms with van der Waals surface area (Å²) in [6, 6.07) is 0.458. The molecule has 204 valence electrons. The Bertz CT molecular complexity index is 1040. The minimum Gasteiger partial charge on any atom is -0.471 e. The van der Waals surface area contributed by atoms with Crippen molar-refractivity contribution >= 4 is 28.5 Å². The number of ether oxygens (including phenoxy) is 1. The van der Waals surface area contributed by atoms with Crippen LogP contribution >= 0.6 is 11.5 Å². The highest BCUT2D eigenvalue weighted by atomic mass is 32.1. The molecule has 0 saturated carbocycles. The highest BCUT2D eigenvalue weighted by Crippen LogP contribution is 2.31. The molecule has 0 radical (unpaired) electrons. The van der Waals surface area contributed by atoms with Gasteiger partial charge in [-0.1, -0.05) is 6.42 Å². The Morgan fingerprint density at radius 3 is 2.32 bits per heavy atom. The highest BCUT2D eigenvalue weighted by Gasteiger charge is 2.23. The van der Waals surface area contributed by atoms with Crippen LogP contribution in [0.5, 0.6) is 5.88 Å². The first kappa shape index (κ1) is 28.6. The number of nitrogens with zero attached hydrogens (tertiary/aromatic N) is 3. The number of hydrogen-bond donors (Lipinski definition) is 4. The molecule has 10 nitrogen and oxygen atoms in total. The number of aromatic nitrogens is 1. The van der Waals surface area contributed by atoms with Crippen LogP contribution in [-0.2, 0) is 6.61 Å². The van der Waals surface area contributed by atoms with Gasteiger partial charge in [0.1, 0.15) is 34.6 Å². The predicted molar refractivity (Wildman–Crippen MR) is 132 cm³/mol. The molecule has 3 amide bonds. The molecular formula is C23H31F3N6O4S. The second-order valence-corrected chi connectivity index (χ2v) is 9.31. The van der Waals surface area contributed by atoms with E-state index in [0.717, 1.165) is 63.5 Å². The van der Waals surface area contributed by atoms with Crippen molar-refractivity contribution in [3.8, 4) is 5.88 Å². The van der Waals surface area contributed by atoms with Crippen molar-refractivity contribution in [2.45, 2.75) is 25.9 Å². The number of piperazine rings is 1. The van der Waals surface area contributed by atoms with Crippen LogP contribution in [0.4, 0.5) is 23.0 Å². The molecular weight excluding hydrogens is 513 g/mol. The van der Waals surface area contributed by atoms with Gasteiger partial charge in [0.05, 0.1) is 12.2 Å². The van der Waals surface area contributed by atoms with E-state index in [9.17, 15) is 22.8 Å². The molecule has 2 aromatic rings. The first-order valence-electron chi connectivity index (χ1n) is 11.9. The number of β-amino-alcohol motifs (C(OH)–C–C–N with tert-alkyl or cyclic N) is 1. The number of benzene rings is 1. The fraction of sp³-hybridized carbons (Fsp3) is 0.522. The topological polar surface area (TPSA) is 133 Å². The lowest BCUT2D eigenvalue weighted by Gasteiger charge is -2.34. The molecule has 1 aliphatic heterocycles. The largest absolute Gasteiger partial charge is 0.471 e. The summed E-state index contributed by atoms with van der Waals surface area (Å²) in [5, 5.41) is 14.2. The number of unbranched alkanes of at least 4 members (excludes halogenated alkanes) is 2. The molecule has 0 spiro atoms. The van der Waals surface area contributed by atoms with Gasteiger partial charge >= 0.3 is 6.03 Å². The van der Waals surface area contributed by atoms with E-state index in [1.807, 2.05) is 0 Å². The van der Waals surface area contributed by atoms with Crippen LogP contribution < -0.4 is 21.1 Å². The summed E-state index contributed by atoms with van der Waals surface area (Å²) >= 11 is 0.727. The number of nitrogens with one attached hydrogen (secondary N) is 2. The molecule has 1 aliphatic rings. The van der Waals surface area contributed by atoms with E-state index >= 15 is 0 Å². The van der Waals surface area contributed by atoms with E-state index in [-0.39, 0.29) is 23.1 Å². The number of rotatable bonds is 13. The van der Waals surface area contributed by atoms with Crippen LogP contribution in [-0.4, -0.2) is 83.6 Å². The standard InChI is InChI=1S/C23H31F3N6O4S/c24-15-12-17(25)16(18(26)13-15)14-36-21-19(20(27)34)22(37-30-21)29-23(35)28-4-2-1-3-5-31-6-8-32(9-7-31)10-11-33/h12-13,33H,1-11,14H2,(H2,27,34)(H2,28,29,35). The Kier molecular flexibility index (Phi) is 10.9.